The van der Waals surface area contributed by atoms with E-state index in [1.165, 1.54) is 45.0 Å². The van der Waals surface area contributed by atoms with Crippen LogP contribution in [0.5, 0.6) is 0 Å². The van der Waals surface area contributed by atoms with Crippen molar-refractivity contribution in [3.63, 3.8) is 0 Å². The summed E-state index contributed by atoms with van der Waals surface area (Å²) in [6, 6.07) is 4.94. The number of rotatable bonds is 3. The third-order valence-corrected chi connectivity index (χ3v) is 6.32. The lowest BCUT2D eigenvalue weighted by Gasteiger charge is -2.23. The molecule has 2 aromatic heterocycles. The van der Waals surface area contributed by atoms with E-state index < -0.39 is 0 Å². The lowest BCUT2D eigenvalue weighted by atomic mass is 9.94. The number of aryl methyl sites for hydroxylation is 3. The lowest BCUT2D eigenvalue weighted by Crippen LogP contribution is -2.23. The molecule has 1 unspecified atom stereocenters. The molecule has 1 aliphatic rings. The van der Waals surface area contributed by atoms with Crippen LogP contribution in [0.2, 0.25) is 4.34 Å². The highest BCUT2D eigenvalue weighted by atomic mass is 35.5. The Morgan fingerprint density at radius 2 is 2.16 bits per heavy atom. The molecule has 0 aromatic carbocycles. The Morgan fingerprint density at radius 1 is 1.32 bits per heavy atom. The number of hydrogen-bond donors (Lipinski definition) is 1. The van der Waals surface area contributed by atoms with E-state index in [4.69, 9.17) is 11.6 Å². The molecule has 0 radical (unpaired) electrons. The van der Waals surface area contributed by atoms with Crippen LogP contribution in [-0.2, 0) is 13.0 Å². The summed E-state index contributed by atoms with van der Waals surface area (Å²) in [4.78, 5) is 4.34. The third kappa shape index (κ3) is 2.89. The van der Waals surface area contributed by atoms with E-state index in [0.29, 0.717) is 6.04 Å². The molecule has 0 bridgehead atoms. The van der Waals surface area contributed by atoms with Gasteiger partial charge in [-0.3, -0.25) is 0 Å². The van der Waals surface area contributed by atoms with Gasteiger partial charge in [-0.25, -0.2) is 0 Å². The first-order valence-electron chi connectivity index (χ1n) is 6.71. The molecule has 2 heterocycles. The molecule has 1 nitrogen and oxygen atoms in total. The van der Waals surface area contributed by atoms with Crippen molar-refractivity contribution in [1.82, 2.24) is 5.32 Å². The summed E-state index contributed by atoms with van der Waals surface area (Å²) in [5, 5.41) is 3.71. The summed E-state index contributed by atoms with van der Waals surface area (Å²) in [6.07, 6.45) is 3.69. The Hall–Kier alpha value is -0.350. The van der Waals surface area contributed by atoms with Gasteiger partial charge in [-0.15, -0.1) is 22.7 Å². The van der Waals surface area contributed by atoms with E-state index in [2.05, 4.69) is 31.3 Å². The Labute approximate surface area is 127 Å². The van der Waals surface area contributed by atoms with Crippen LogP contribution in [-0.4, -0.2) is 0 Å². The SMILES string of the molecule is Cc1cc(CNC2CCCc3sc(Cl)cc32)sc1C. The first kappa shape index (κ1) is 13.6. The number of halogens is 1. The molecule has 2 aromatic rings. The molecular formula is C15H18ClNS2. The van der Waals surface area contributed by atoms with E-state index in [1.54, 1.807) is 11.3 Å². The highest BCUT2D eigenvalue weighted by Crippen LogP contribution is 2.38. The van der Waals surface area contributed by atoms with Crippen molar-refractivity contribution in [3.05, 3.63) is 42.2 Å². The van der Waals surface area contributed by atoms with Crippen molar-refractivity contribution in [2.24, 2.45) is 0 Å². The fourth-order valence-electron chi connectivity index (χ4n) is 2.69. The molecule has 1 N–H and O–H groups in total. The Kier molecular flexibility index (Phi) is 3.99. The molecule has 1 atom stereocenters. The van der Waals surface area contributed by atoms with Gasteiger partial charge >= 0.3 is 0 Å². The van der Waals surface area contributed by atoms with Gasteiger partial charge in [0.25, 0.3) is 0 Å². The minimum absolute atomic E-state index is 0.482. The van der Waals surface area contributed by atoms with Gasteiger partial charge in [0, 0.05) is 27.2 Å². The Balaban J connectivity index is 1.71. The second kappa shape index (κ2) is 5.57. The smallest absolute Gasteiger partial charge is 0.0934 e. The third-order valence-electron chi connectivity index (χ3n) is 3.82. The van der Waals surface area contributed by atoms with Gasteiger partial charge in [-0.1, -0.05) is 11.6 Å². The maximum absolute atomic E-state index is 6.15. The zero-order chi connectivity index (χ0) is 13.4. The first-order valence-corrected chi connectivity index (χ1v) is 8.72. The summed E-state index contributed by atoms with van der Waals surface area (Å²) in [7, 11) is 0. The number of hydrogen-bond acceptors (Lipinski definition) is 3. The molecule has 102 valence electrons. The molecule has 1 aliphatic carbocycles. The van der Waals surface area contributed by atoms with Crippen molar-refractivity contribution < 1.29 is 0 Å². The molecule has 4 heteroatoms. The molecule has 3 rings (SSSR count). The number of nitrogens with one attached hydrogen (secondary N) is 1. The first-order chi connectivity index (χ1) is 9.13. The average molecular weight is 312 g/mol. The number of fused-ring (bicyclic) bond motifs is 1. The molecule has 19 heavy (non-hydrogen) atoms. The topological polar surface area (TPSA) is 12.0 Å². The van der Waals surface area contributed by atoms with Gasteiger partial charge in [0.2, 0.25) is 0 Å². The van der Waals surface area contributed by atoms with E-state index in [-0.39, 0.29) is 0 Å². The highest BCUT2D eigenvalue weighted by Gasteiger charge is 2.22. The van der Waals surface area contributed by atoms with Crippen molar-refractivity contribution in [3.8, 4) is 0 Å². The van der Waals surface area contributed by atoms with Crippen molar-refractivity contribution >= 4 is 34.3 Å². The van der Waals surface area contributed by atoms with Crippen LogP contribution in [0.15, 0.2) is 12.1 Å². The predicted octanol–water partition coefficient (Wildman–Crippen LogP) is 5.25. The van der Waals surface area contributed by atoms with E-state index >= 15 is 0 Å². The van der Waals surface area contributed by atoms with Crippen LogP contribution < -0.4 is 5.32 Å². The monoisotopic (exact) mass is 311 g/mol. The van der Waals surface area contributed by atoms with Crippen molar-refractivity contribution in [2.45, 2.75) is 45.7 Å². The van der Waals surface area contributed by atoms with Crippen LogP contribution in [0.25, 0.3) is 0 Å². The van der Waals surface area contributed by atoms with Crippen LogP contribution in [0.1, 0.15) is 44.6 Å². The van der Waals surface area contributed by atoms with Gasteiger partial charge < -0.3 is 5.32 Å². The minimum Gasteiger partial charge on any atom is -0.305 e. The van der Waals surface area contributed by atoms with Gasteiger partial charge in [0.15, 0.2) is 0 Å². The Bertz CT molecular complexity index is 565. The normalized spacial score (nSPS) is 18.6. The van der Waals surface area contributed by atoms with Crippen LogP contribution in [0.3, 0.4) is 0 Å². The van der Waals surface area contributed by atoms with Crippen LogP contribution in [0.4, 0.5) is 0 Å². The second-order valence-electron chi connectivity index (χ2n) is 5.21. The lowest BCUT2D eigenvalue weighted by molar-refractivity contribution is 0.465. The fraction of sp³-hybridized carbons (Fsp3) is 0.467. The molecule has 0 aliphatic heterocycles. The summed E-state index contributed by atoms with van der Waals surface area (Å²) >= 11 is 9.80. The highest BCUT2D eigenvalue weighted by molar-refractivity contribution is 7.16. The largest absolute Gasteiger partial charge is 0.305 e. The zero-order valence-corrected chi connectivity index (χ0v) is 13.6. The standard InChI is InChI=1S/C15H18ClNS2/c1-9-6-11(18-10(9)2)8-17-13-4-3-5-14-12(13)7-15(16)19-14/h6-7,13,17H,3-5,8H2,1-2H3. The number of thiophene rings is 2. The van der Waals surface area contributed by atoms with Crippen molar-refractivity contribution in [2.75, 3.05) is 0 Å². The molecule has 0 amide bonds. The maximum atomic E-state index is 6.15. The minimum atomic E-state index is 0.482. The zero-order valence-electron chi connectivity index (χ0n) is 11.3. The van der Waals surface area contributed by atoms with Gasteiger partial charge in [0.1, 0.15) is 0 Å². The predicted molar refractivity (Wildman–Crippen MR) is 85.6 cm³/mol. The summed E-state index contributed by atoms with van der Waals surface area (Å²) < 4.78 is 0.932. The molecular weight excluding hydrogens is 294 g/mol. The Morgan fingerprint density at radius 3 is 2.89 bits per heavy atom. The maximum Gasteiger partial charge on any atom is 0.0934 e. The van der Waals surface area contributed by atoms with Crippen LogP contribution in [0, 0.1) is 13.8 Å². The van der Waals surface area contributed by atoms with E-state index in [0.717, 1.165) is 10.9 Å². The molecule has 0 saturated carbocycles. The second-order valence-corrected chi connectivity index (χ2v) is 8.32. The van der Waals surface area contributed by atoms with E-state index in [1.807, 2.05) is 11.3 Å². The molecule has 0 spiro atoms. The van der Waals surface area contributed by atoms with E-state index in [9.17, 15) is 0 Å². The van der Waals surface area contributed by atoms with Gasteiger partial charge in [0.05, 0.1) is 4.34 Å². The quantitative estimate of drug-likeness (QED) is 0.816. The summed E-state index contributed by atoms with van der Waals surface area (Å²) in [6.45, 7) is 5.35. The fourth-order valence-corrected chi connectivity index (χ4v) is 5.08. The average Bonchev–Trinajstić information content (AvgIpc) is 2.89. The van der Waals surface area contributed by atoms with Gasteiger partial charge in [-0.2, -0.15) is 0 Å². The summed E-state index contributed by atoms with van der Waals surface area (Å²) in [5.41, 5.74) is 2.84. The molecule has 0 saturated heterocycles. The van der Waals surface area contributed by atoms with Crippen LogP contribution >= 0.6 is 34.3 Å². The summed E-state index contributed by atoms with van der Waals surface area (Å²) in [5.74, 6) is 0. The van der Waals surface area contributed by atoms with Gasteiger partial charge in [-0.05, 0) is 56.4 Å². The van der Waals surface area contributed by atoms with Crippen molar-refractivity contribution in [1.29, 1.82) is 0 Å². The molecule has 0 fully saturated rings.